The molecule has 0 aromatic heterocycles. The van der Waals surface area contributed by atoms with Gasteiger partial charge in [0.05, 0.1) is 6.07 Å². The molecule has 0 saturated carbocycles. The molecule has 0 bridgehead atoms. The highest BCUT2D eigenvalue weighted by Gasteiger charge is 1.99. The van der Waals surface area contributed by atoms with Crippen LogP contribution in [-0.4, -0.2) is 0 Å². The van der Waals surface area contributed by atoms with Gasteiger partial charge in [0, 0.05) is 5.92 Å². The van der Waals surface area contributed by atoms with Crippen LogP contribution in [0, 0.1) is 17.2 Å². The van der Waals surface area contributed by atoms with Gasteiger partial charge in [-0.15, -0.1) is 0 Å². The van der Waals surface area contributed by atoms with E-state index in [0.29, 0.717) is 0 Å². The van der Waals surface area contributed by atoms with Gasteiger partial charge in [-0.2, -0.15) is 5.26 Å². The second-order valence-electron chi connectivity index (χ2n) is 2.34. The molecule has 0 aromatic carbocycles. The van der Waals surface area contributed by atoms with E-state index in [9.17, 15) is 0 Å². The van der Waals surface area contributed by atoms with Crippen LogP contribution in [0.1, 0.15) is 26.7 Å². The zero-order chi connectivity index (χ0) is 7.28. The van der Waals surface area contributed by atoms with Crippen LogP contribution in [0.15, 0.2) is 12.2 Å². The van der Waals surface area contributed by atoms with Crippen LogP contribution in [0.4, 0.5) is 0 Å². The van der Waals surface area contributed by atoms with Crippen molar-refractivity contribution in [1.29, 1.82) is 5.26 Å². The second-order valence-corrected chi connectivity index (χ2v) is 2.34. The quantitative estimate of drug-likeness (QED) is 0.529. The molecule has 50 valence electrons. The van der Waals surface area contributed by atoms with Gasteiger partial charge in [-0.25, -0.2) is 0 Å². The molecule has 1 nitrogen and oxygen atoms in total. The zero-order valence-electron chi connectivity index (χ0n) is 6.15. The normalized spacial score (nSPS) is 12.1. The zero-order valence-corrected chi connectivity index (χ0v) is 6.15. The van der Waals surface area contributed by atoms with E-state index in [-0.39, 0.29) is 5.92 Å². The molecule has 0 aliphatic heterocycles. The van der Waals surface area contributed by atoms with E-state index in [4.69, 9.17) is 5.26 Å². The smallest absolute Gasteiger partial charge is 0.0656 e. The van der Waals surface area contributed by atoms with Gasteiger partial charge < -0.3 is 0 Å². The first kappa shape index (κ1) is 8.23. The van der Waals surface area contributed by atoms with E-state index >= 15 is 0 Å². The minimum atomic E-state index is 0.137. The van der Waals surface area contributed by atoms with Crippen LogP contribution in [0.3, 0.4) is 0 Å². The van der Waals surface area contributed by atoms with Crippen LogP contribution >= 0.6 is 0 Å². The van der Waals surface area contributed by atoms with Crippen molar-refractivity contribution in [2.45, 2.75) is 26.7 Å². The van der Waals surface area contributed by atoms with Gasteiger partial charge in [0.1, 0.15) is 0 Å². The highest BCUT2D eigenvalue weighted by molar-refractivity contribution is 4.98. The Hall–Kier alpha value is -0.770. The molecule has 0 aliphatic carbocycles. The maximum Gasteiger partial charge on any atom is 0.0656 e. The van der Waals surface area contributed by atoms with Gasteiger partial charge in [-0.1, -0.05) is 19.1 Å². The van der Waals surface area contributed by atoms with Gasteiger partial charge in [0.2, 0.25) is 0 Å². The third kappa shape index (κ3) is 3.78. The minimum absolute atomic E-state index is 0.137. The molecule has 0 N–H and O–H groups in total. The van der Waals surface area contributed by atoms with Crippen LogP contribution in [-0.2, 0) is 0 Å². The molecule has 0 spiro atoms. The fourth-order valence-corrected chi connectivity index (χ4v) is 0.623. The van der Waals surface area contributed by atoms with Gasteiger partial charge in [0.15, 0.2) is 0 Å². The van der Waals surface area contributed by atoms with E-state index in [1.165, 1.54) is 5.57 Å². The molecule has 0 saturated heterocycles. The lowest BCUT2D eigenvalue weighted by Crippen LogP contribution is -1.90. The Labute approximate surface area is 57.0 Å². The van der Waals surface area contributed by atoms with E-state index in [1.54, 1.807) is 0 Å². The van der Waals surface area contributed by atoms with E-state index in [1.807, 2.05) is 6.92 Å². The van der Waals surface area contributed by atoms with Crippen molar-refractivity contribution in [2.75, 3.05) is 0 Å². The molecule has 1 atom stereocenters. The molecule has 0 fully saturated rings. The Balaban J connectivity index is 3.50. The number of rotatable bonds is 3. The summed E-state index contributed by atoms with van der Waals surface area (Å²) in [6.07, 6.45) is 1.85. The Morgan fingerprint density at radius 3 is 2.67 bits per heavy atom. The van der Waals surface area contributed by atoms with Gasteiger partial charge in [-0.05, 0) is 19.8 Å². The third-order valence-corrected chi connectivity index (χ3v) is 1.32. The molecule has 0 radical (unpaired) electrons. The van der Waals surface area contributed by atoms with Crippen molar-refractivity contribution in [3.63, 3.8) is 0 Å². The maximum absolute atomic E-state index is 8.39. The average Bonchev–Trinajstić information content (AvgIpc) is 1.87. The van der Waals surface area contributed by atoms with Crippen molar-refractivity contribution in [3.8, 4) is 6.07 Å². The second kappa shape index (κ2) is 4.14. The minimum Gasteiger partial charge on any atom is -0.198 e. The summed E-state index contributed by atoms with van der Waals surface area (Å²) in [5.41, 5.74) is 1.17. The summed E-state index contributed by atoms with van der Waals surface area (Å²) in [7, 11) is 0. The van der Waals surface area contributed by atoms with Crippen molar-refractivity contribution in [2.24, 2.45) is 5.92 Å². The van der Waals surface area contributed by atoms with Crippen molar-refractivity contribution in [3.05, 3.63) is 12.2 Å². The maximum atomic E-state index is 8.39. The molecular weight excluding hydrogens is 110 g/mol. The Morgan fingerprint density at radius 1 is 1.78 bits per heavy atom. The van der Waals surface area contributed by atoms with Crippen molar-refractivity contribution in [1.82, 2.24) is 0 Å². The standard InChI is InChI=1S/C8H13N/c1-4-7(2)5-8(3)6-9/h8H,2,4-5H2,1,3H3. The third-order valence-electron chi connectivity index (χ3n) is 1.32. The Morgan fingerprint density at radius 2 is 2.33 bits per heavy atom. The lowest BCUT2D eigenvalue weighted by Gasteiger charge is -2.01. The molecule has 9 heavy (non-hydrogen) atoms. The highest BCUT2D eigenvalue weighted by Crippen LogP contribution is 2.10. The SMILES string of the molecule is C=C(CC)CC(C)C#N. The van der Waals surface area contributed by atoms with Crippen LogP contribution < -0.4 is 0 Å². The van der Waals surface area contributed by atoms with Crippen molar-refractivity contribution >= 4 is 0 Å². The number of nitrogens with zero attached hydrogens (tertiary/aromatic N) is 1. The van der Waals surface area contributed by atoms with Crippen molar-refractivity contribution < 1.29 is 0 Å². The first-order valence-corrected chi connectivity index (χ1v) is 3.27. The number of hydrogen-bond donors (Lipinski definition) is 0. The molecule has 1 heteroatoms. The summed E-state index contributed by atoms with van der Waals surface area (Å²) >= 11 is 0. The molecule has 0 rings (SSSR count). The Kier molecular flexibility index (Phi) is 3.79. The topological polar surface area (TPSA) is 23.8 Å². The fraction of sp³-hybridized carbons (Fsp3) is 0.625. The monoisotopic (exact) mass is 123 g/mol. The number of nitriles is 1. The van der Waals surface area contributed by atoms with E-state index < -0.39 is 0 Å². The summed E-state index contributed by atoms with van der Waals surface area (Å²) in [5, 5.41) is 8.39. The predicted molar refractivity (Wildman–Crippen MR) is 38.8 cm³/mol. The first-order valence-electron chi connectivity index (χ1n) is 3.27. The highest BCUT2D eigenvalue weighted by atomic mass is 14.3. The molecular formula is C8H13N. The molecule has 1 unspecified atom stereocenters. The first-order chi connectivity index (χ1) is 4.20. The molecule has 0 aliphatic rings. The number of hydrogen-bond acceptors (Lipinski definition) is 1. The van der Waals surface area contributed by atoms with Crippen LogP contribution in [0.25, 0.3) is 0 Å². The molecule has 0 amide bonds. The lowest BCUT2D eigenvalue weighted by molar-refractivity contribution is 0.715. The summed E-state index contributed by atoms with van der Waals surface area (Å²) in [6, 6.07) is 2.17. The van der Waals surface area contributed by atoms with Gasteiger partial charge >= 0.3 is 0 Å². The van der Waals surface area contributed by atoms with E-state index in [0.717, 1.165) is 12.8 Å². The molecule has 0 heterocycles. The molecule has 0 aromatic rings. The lowest BCUT2D eigenvalue weighted by atomic mass is 10.0. The number of allylic oxidation sites excluding steroid dienone is 1. The summed E-state index contributed by atoms with van der Waals surface area (Å²) in [4.78, 5) is 0. The fourth-order valence-electron chi connectivity index (χ4n) is 0.623. The van der Waals surface area contributed by atoms with E-state index in [2.05, 4.69) is 19.6 Å². The van der Waals surface area contributed by atoms with Gasteiger partial charge in [0.25, 0.3) is 0 Å². The van der Waals surface area contributed by atoms with Crippen LogP contribution in [0.2, 0.25) is 0 Å². The summed E-state index contributed by atoms with van der Waals surface area (Å²) < 4.78 is 0. The predicted octanol–water partition coefficient (Wildman–Crippen LogP) is 2.50. The Bertz CT molecular complexity index is 130. The largest absolute Gasteiger partial charge is 0.198 e. The summed E-state index contributed by atoms with van der Waals surface area (Å²) in [6.45, 7) is 7.79. The average molecular weight is 123 g/mol. The summed E-state index contributed by atoms with van der Waals surface area (Å²) in [5.74, 6) is 0.137. The van der Waals surface area contributed by atoms with Crippen LogP contribution in [0.5, 0.6) is 0 Å². The van der Waals surface area contributed by atoms with Gasteiger partial charge in [-0.3, -0.25) is 0 Å².